The van der Waals surface area contributed by atoms with E-state index in [4.69, 9.17) is 4.74 Å². The topological polar surface area (TPSA) is 35.0 Å². The number of alkyl halides is 1. The summed E-state index contributed by atoms with van der Waals surface area (Å²) in [7, 11) is 0. The van der Waals surface area contributed by atoms with Gasteiger partial charge in [0.05, 0.1) is 0 Å². The lowest BCUT2D eigenvalue weighted by Gasteiger charge is -2.05. The molecule has 0 fully saturated rings. The zero-order valence-electron chi connectivity index (χ0n) is 10.4. The summed E-state index contributed by atoms with van der Waals surface area (Å²) >= 11 is 6.82. The highest BCUT2D eigenvalue weighted by molar-refractivity contribution is 9.10. The van der Waals surface area contributed by atoms with E-state index in [1.807, 2.05) is 30.3 Å². The summed E-state index contributed by atoms with van der Waals surface area (Å²) in [6.45, 7) is 0. The van der Waals surface area contributed by atoms with Crippen molar-refractivity contribution in [3.8, 4) is 11.8 Å². The van der Waals surface area contributed by atoms with Crippen LogP contribution in [0.25, 0.3) is 10.8 Å². The summed E-state index contributed by atoms with van der Waals surface area (Å²) < 4.78 is 6.73. The third-order valence-electron chi connectivity index (χ3n) is 2.82. The van der Waals surface area contributed by atoms with E-state index in [0.717, 1.165) is 31.9 Å². The number of hydrogen-bond acceptors (Lipinski definition) is 3. The van der Waals surface area contributed by atoms with E-state index in [1.54, 1.807) is 12.4 Å². The summed E-state index contributed by atoms with van der Waals surface area (Å²) in [6, 6.07) is 12.4. The minimum atomic E-state index is 0.353. The molecule has 20 heavy (non-hydrogen) atoms. The van der Waals surface area contributed by atoms with Crippen molar-refractivity contribution in [1.82, 2.24) is 9.97 Å². The van der Waals surface area contributed by atoms with Crippen LogP contribution in [0.15, 0.2) is 53.3 Å². The molecule has 5 heteroatoms. The number of fused-ring (bicyclic) bond motifs is 1. The van der Waals surface area contributed by atoms with Crippen molar-refractivity contribution < 1.29 is 4.74 Å². The van der Waals surface area contributed by atoms with Crippen molar-refractivity contribution >= 4 is 42.6 Å². The van der Waals surface area contributed by atoms with E-state index >= 15 is 0 Å². The Bertz CT molecular complexity index is 744. The summed E-state index contributed by atoms with van der Waals surface area (Å²) in [5.74, 6) is 0.728. The molecule has 3 aromatic rings. The highest BCUT2D eigenvalue weighted by atomic mass is 79.9. The van der Waals surface area contributed by atoms with Gasteiger partial charge < -0.3 is 4.74 Å². The second kappa shape index (κ2) is 5.89. The fourth-order valence-corrected chi connectivity index (χ4v) is 2.50. The van der Waals surface area contributed by atoms with E-state index in [9.17, 15) is 0 Å². The molecule has 100 valence electrons. The molecule has 3 rings (SSSR count). The second-order valence-electron chi connectivity index (χ2n) is 4.26. The standard InChI is InChI=1S/C15H10Br2N2O/c16-7-10-8-18-15(19-9-10)20-14-4-2-11-5-13(17)3-1-12(11)6-14/h1-6,8-9H,7H2. The maximum absolute atomic E-state index is 5.67. The maximum Gasteiger partial charge on any atom is 0.321 e. The first kappa shape index (κ1) is 13.5. The minimum Gasteiger partial charge on any atom is -0.424 e. The summed E-state index contributed by atoms with van der Waals surface area (Å²) in [4.78, 5) is 8.34. The van der Waals surface area contributed by atoms with Crippen LogP contribution in [0.1, 0.15) is 5.56 Å². The van der Waals surface area contributed by atoms with Crippen molar-refractivity contribution in [1.29, 1.82) is 0 Å². The van der Waals surface area contributed by atoms with E-state index in [2.05, 4.69) is 47.9 Å². The van der Waals surface area contributed by atoms with Crippen molar-refractivity contribution in [2.75, 3.05) is 0 Å². The molecule has 0 bridgehead atoms. The van der Waals surface area contributed by atoms with Gasteiger partial charge in [0.1, 0.15) is 5.75 Å². The maximum atomic E-state index is 5.67. The monoisotopic (exact) mass is 392 g/mol. The highest BCUT2D eigenvalue weighted by Gasteiger charge is 2.02. The molecule has 0 N–H and O–H groups in total. The molecule has 0 aliphatic heterocycles. The Morgan fingerprint density at radius 2 is 1.65 bits per heavy atom. The average molecular weight is 394 g/mol. The molecule has 0 saturated heterocycles. The van der Waals surface area contributed by atoms with Crippen molar-refractivity contribution in [2.24, 2.45) is 0 Å². The van der Waals surface area contributed by atoms with Crippen LogP contribution >= 0.6 is 31.9 Å². The number of hydrogen-bond donors (Lipinski definition) is 0. The molecule has 0 aliphatic carbocycles. The number of halogens is 2. The molecule has 0 aliphatic rings. The van der Waals surface area contributed by atoms with Gasteiger partial charge in [-0.05, 0) is 40.6 Å². The van der Waals surface area contributed by atoms with Gasteiger partial charge in [-0.1, -0.05) is 44.0 Å². The summed E-state index contributed by atoms with van der Waals surface area (Å²) in [5, 5.41) is 3.00. The van der Waals surface area contributed by atoms with Crippen LogP contribution in [0.2, 0.25) is 0 Å². The van der Waals surface area contributed by atoms with E-state index in [-0.39, 0.29) is 0 Å². The smallest absolute Gasteiger partial charge is 0.321 e. The Morgan fingerprint density at radius 3 is 2.40 bits per heavy atom. The molecule has 0 spiro atoms. The van der Waals surface area contributed by atoms with Gasteiger partial charge in [-0.2, -0.15) is 0 Å². The predicted molar refractivity (Wildman–Crippen MR) is 86.4 cm³/mol. The molecule has 1 aromatic heterocycles. The molecule has 0 unspecified atom stereocenters. The zero-order valence-corrected chi connectivity index (χ0v) is 13.6. The lowest BCUT2D eigenvalue weighted by Crippen LogP contribution is -1.92. The fraction of sp³-hybridized carbons (Fsp3) is 0.0667. The molecule has 2 aromatic carbocycles. The molecular weight excluding hydrogens is 384 g/mol. The molecular formula is C15H10Br2N2O. The molecule has 0 saturated carbocycles. The van der Waals surface area contributed by atoms with Crippen LogP contribution in [-0.2, 0) is 5.33 Å². The molecule has 3 nitrogen and oxygen atoms in total. The average Bonchev–Trinajstić information content (AvgIpc) is 2.48. The zero-order chi connectivity index (χ0) is 13.9. The number of aromatic nitrogens is 2. The summed E-state index contributed by atoms with van der Waals surface area (Å²) in [6.07, 6.45) is 3.49. The number of rotatable bonds is 3. The van der Waals surface area contributed by atoms with Gasteiger partial charge >= 0.3 is 6.01 Å². The van der Waals surface area contributed by atoms with Crippen LogP contribution in [0, 0.1) is 0 Å². The number of ether oxygens (including phenoxy) is 1. The normalized spacial score (nSPS) is 10.7. The molecule has 0 radical (unpaired) electrons. The van der Waals surface area contributed by atoms with Crippen LogP contribution in [0.5, 0.6) is 11.8 Å². The van der Waals surface area contributed by atoms with Crippen molar-refractivity contribution in [3.63, 3.8) is 0 Å². The van der Waals surface area contributed by atoms with Gasteiger partial charge in [0, 0.05) is 22.2 Å². The van der Waals surface area contributed by atoms with E-state index < -0.39 is 0 Å². The lowest BCUT2D eigenvalue weighted by molar-refractivity contribution is 0.442. The van der Waals surface area contributed by atoms with Gasteiger partial charge in [-0.3, -0.25) is 0 Å². The van der Waals surface area contributed by atoms with Crippen LogP contribution in [0.3, 0.4) is 0 Å². The van der Waals surface area contributed by atoms with Gasteiger partial charge in [0.15, 0.2) is 0 Å². The lowest BCUT2D eigenvalue weighted by atomic mass is 10.1. The first-order chi connectivity index (χ1) is 9.74. The Morgan fingerprint density at radius 1 is 0.950 bits per heavy atom. The Hall–Kier alpha value is -1.46. The molecule has 0 amide bonds. The van der Waals surface area contributed by atoms with E-state index in [0.29, 0.717) is 6.01 Å². The van der Waals surface area contributed by atoms with Gasteiger partial charge in [0.2, 0.25) is 0 Å². The van der Waals surface area contributed by atoms with Gasteiger partial charge in [-0.25, -0.2) is 9.97 Å². The minimum absolute atomic E-state index is 0.353. The van der Waals surface area contributed by atoms with Crippen LogP contribution < -0.4 is 4.74 Å². The second-order valence-corrected chi connectivity index (χ2v) is 5.74. The van der Waals surface area contributed by atoms with E-state index in [1.165, 1.54) is 0 Å². The molecule has 1 heterocycles. The van der Waals surface area contributed by atoms with Crippen LogP contribution in [0.4, 0.5) is 0 Å². The fourth-order valence-electron chi connectivity index (χ4n) is 1.83. The first-order valence-electron chi connectivity index (χ1n) is 5.99. The Labute approximate surface area is 133 Å². The number of benzene rings is 2. The largest absolute Gasteiger partial charge is 0.424 e. The third-order valence-corrected chi connectivity index (χ3v) is 3.96. The molecule has 0 atom stereocenters. The quantitative estimate of drug-likeness (QED) is 0.582. The number of nitrogens with zero attached hydrogens (tertiary/aromatic N) is 2. The first-order valence-corrected chi connectivity index (χ1v) is 7.90. The Balaban J connectivity index is 1.88. The Kier molecular flexibility index (Phi) is 3.98. The van der Waals surface area contributed by atoms with Gasteiger partial charge in [0.25, 0.3) is 0 Å². The highest BCUT2D eigenvalue weighted by Crippen LogP contribution is 2.26. The van der Waals surface area contributed by atoms with Gasteiger partial charge in [-0.15, -0.1) is 0 Å². The van der Waals surface area contributed by atoms with Crippen LogP contribution in [-0.4, -0.2) is 9.97 Å². The van der Waals surface area contributed by atoms with Crippen molar-refractivity contribution in [2.45, 2.75) is 5.33 Å². The van der Waals surface area contributed by atoms with Crippen molar-refractivity contribution in [3.05, 3.63) is 58.8 Å². The SMILES string of the molecule is BrCc1cnc(Oc2ccc3cc(Br)ccc3c2)nc1. The third kappa shape index (κ3) is 2.99. The predicted octanol–water partition coefficient (Wildman–Crippen LogP) is 5.08. The summed E-state index contributed by atoms with van der Waals surface area (Å²) in [5.41, 5.74) is 1.01.